The first kappa shape index (κ1) is 23.0. The minimum atomic E-state index is -3.06. The summed E-state index contributed by atoms with van der Waals surface area (Å²) in [4.78, 5) is 22.6. The molecular formula is C22H28F2O5. The number of rotatable bonds is 12. The number of benzene rings is 1. The molecule has 1 aromatic rings. The van der Waals surface area contributed by atoms with E-state index in [1.807, 2.05) is 0 Å². The summed E-state index contributed by atoms with van der Waals surface area (Å²) in [5.41, 5.74) is 0. The Balaban J connectivity index is 1.82. The molecule has 1 fully saturated rings. The van der Waals surface area contributed by atoms with E-state index in [4.69, 9.17) is 9.84 Å². The summed E-state index contributed by atoms with van der Waals surface area (Å²) in [7, 11) is 0. The lowest BCUT2D eigenvalue weighted by atomic mass is 9.86. The third-order valence-corrected chi connectivity index (χ3v) is 5.19. The van der Waals surface area contributed by atoms with E-state index < -0.39 is 42.9 Å². The van der Waals surface area contributed by atoms with Crippen molar-refractivity contribution in [1.29, 1.82) is 0 Å². The molecule has 3 unspecified atom stereocenters. The SMILES string of the molecule is O=C(O)CCC/C=C\CC1C(=O)CC(O)C1CCC(F)(F)COc1ccccc1. The fourth-order valence-corrected chi connectivity index (χ4v) is 3.60. The third kappa shape index (κ3) is 7.93. The number of ether oxygens (including phenoxy) is 1. The molecule has 0 aliphatic heterocycles. The maximum absolute atomic E-state index is 14.2. The largest absolute Gasteiger partial charge is 0.487 e. The highest BCUT2D eigenvalue weighted by atomic mass is 19.3. The maximum atomic E-state index is 14.2. The monoisotopic (exact) mass is 410 g/mol. The average molecular weight is 410 g/mol. The molecule has 2 rings (SSSR count). The molecule has 0 heterocycles. The van der Waals surface area contributed by atoms with Crippen molar-refractivity contribution >= 4 is 11.8 Å². The molecule has 1 aliphatic rings. The summed E-state index contributed by atoms with van der Waals surface area (Å²) >= 11 is 0. The van der Waals surface area contributed by atoms with Crippen LogP contribution in [0.3, 0.4) is 0 Å². The van der Waals surface area contributed by atoms with Crippen LogP contribution in [0.5, 0.6) is 5.75 Å². The van der Waals surface area contributed by atoms with Crippen LogP contribution >= 0.6 is 0 Å². The molecule has 1 saturated carbocycles. The molecule has 7 heteroatoms. The Hall–Kier alpha value is -2.28. The van der Waals surface area contributed by atoms with E-state index in [-0.39, 0.29) is 25.0 Å². The van der Waals surface area contributed by atoms with E-state index in [2.05, 4.69) is 0 Å². The smallest absolute Gasteiger partial charge is 0.303 e. The van der Waals surface area contributed by atoms with E-state index in [1.54, 1.807) is 42.5 Å². The first-order chi connectivity index (χ1) is 13.8. The number of aliphatic hydroxyl groups is 1. The van der Waals surface area contributed by atoms with Crippen LogP contribution in [0.4, 0.5) is 8.78 Å². The van der Waals surface area contributed by atoms with Crippen LogP contribution in [0.15, 0.2) is 42.5 Å². The molecule has 0 radical (unpaired) electrons. The summed E-state index contributed by atoms with van der Waals surface area (Å²) in [5.74, 6) is -4.64. The summed E-state index contributed by atoms with van der Waals surface area (Å²) in [5, 5.41) is 18.8. The predicted octanol–water partition coefficient (Wildman–Crippen LogP) is 4.25. The van der Waals surface area contributed by atoms with Gasteiger partial charge in [0.1, 0.15) is 11.5 Å². The summed E-state index contributed by atoms with van der Waals surface area (Å²) in [6.07, 6.45) is 3.79. The normalized spacial score (nSPS) is 22.3. The van der Waals surface area contributed by atoms with Crippen LogP contribution in [0.1, 0.15) is 44.9 Å². The van der Waals surface area contributed by atoms with Crippen LogP contribution in [0, 0.1) is 11.8 Å². The maximum Gasteiger partial charge on any atom is 0.303 e. The van der Waals surface area contributed by atoms with Gasteiger partial charge in [-0.05, 0) is 43.7 Å². The van der Waals surface area contributed by atoms with Gasteiger partial charge in [0.2, 0.25) is 0 Å². The van der Waals surface area contributed by atoms with Gasteiger partial charge >= 0.3 is 5.97 Å². The number of allylic oxidation sites excluding steroid dienone is 2. The number of hydrogen-bond acceptors (Lipinski definition) is 4. The van der Waals surface area contributed by atoms with Crippen LogP contribution in [-0.2, 0) is 9.59 Å². The van der Waals surface area contributed by atoms with Gasteiger partial charge in [0.25, 0.3) is 5.92 Å². The van der Waals surface area contributed by atoms with Crippen LogP contribution in [0.25, 0.3) is 0 Å². The zero-order chi connectivity index (χ0) is 21.3. The average Bonchev–Trinajstić information content (AvgIpc) is 2.94. The van der Waals surface area contributed by atoms with Crippen molar-refractivity contribution in [2.24, 2.45) is 11.8 Å². The molecule has 1 aliphatic carbocycles. The minimum absolute atomic E-state index is 0.00568. The van der Waals surface area contributed by atoms with Gasteiger partial charge in [-0.15, -0.1) is 0 Å². The Bertz CT molecular complexity index is 690. The zero-order valence-corrected chi connectivity index (χ0v) is 16.3. The summed E-state index contributed by atoms with van der Waals surface area (Å²) in [6.45, 7) is -0.748. The fourth-order valence-electron chi connectivity index (χ4n) is 3.60. The minimum Gasteiger partial charge on any atom is -0.487 e. The van der Waals surface area contributed by atoms with Gasteiger partial charge in [0, 0.05) is 25.2 Å². The van der Waals surface area contributed by atoms with Crippen LogP contribution in [-0.4, -0.2) is 40.6 Å². The molecule has 0 spiro atoms. The molecular weight excluding hydrogens is 382 g/mol. The second-order valence-corrected chi connectivity index (χ2v) is 7.50. The molecule has 3 atom stereocenters. The number of Topliss-reactive ketones (excluding diaryl/α,β-unsaturated/α-hetero) is 1. The van der Waals surface area contributed by atoms with Gasteiger partial charge in [-0.1, -0.05) is 30.4 Å². The van der Waals surface area contributed by atoms with Gasteiger partial charge in [0.05, 0.1) is 6.10 Å². The van der Waals surface area contributed by atoms with Gasteiger partial charge in [-0.3, -0.25) is 9.59 Å². The van der Waals surface area contributed by atoms with E-state index in [1.165, 1.54) is 0 Å². The number of aliphatic carboxylic acids is 1. The number of aliphatic hydroxyl groups excluding tert-OH is 1. The first-order valence-electron chi connectivity index (χ1n) is 9.92. The highest BCUT2D eigenvalue weighted by Crippen LogP contribution is 2.37. The second-order valence-electron chi connectivity index (χ2n) is 7.50. The quantitative estimate of drug-likeness (QED) is 0.398. The highest BCUT2D eigenvalue weighted by molar-refractivity contribution is 5.84. The Kier molecular flexibility index (Phi) is 8.76. The van der Waals surface area contributed by atoms with Crippen molar-refractivity contribution in [2.45, 2.75) is 57.0 Å². The van der Waals surface area contributed by atoms with E-state index in [0.717, 1.165) is 0 Å². The summed E-state index contributed by atoms with van der Waals surface area (Å²) in [6, 6.07) is 8.38. The van der Waals surface area contributed by atoms with Gasteiger partial charge in [-0.25, -0.2) is 8.78 Å². The fraction of sp³-hybridized carbons (Fsp3) is 0.545. The Morgan fingerprint density at radius 1 is 1.24 bits per heavy atom. The number of halogens is 2. The molecule has 29 heavy (non-hydrogen) atoms. The number of carboxylic acid groups (broad SMARTS) is 1. The topological polar surface area (TPSA) is 83.8 Å². The number of hydrogen-bond donors (Lipinski definition) is 2. The zero-order valence-electron chi connectivity index (χ0n) is 16.3. The molecule has 0 amide bonds. The van der Waals surface area contributed by atoms with E-state index in [0.29, 0.717) is 25.0 Å². The lowest BCUT2D eigenvalue weighted by molar-refractivity contribution is -0.137. The Morgan fingerprint density at radius 2 is 1.97 bits per heavy atom. The van der Waals surface area contributed by atoms with Gasteiger partial charge in [0.15, 0.2) is 6.61 Å². The standard InChI is InChI=1S/C22H28F2O5/c23-22(24,15-29-16-8-4-3-5-9-16)13-12-18-17(19(25)14-20(18)26)10-6-1-2-7-11-21(27)28/h1,3-6,8-9,17-18,20,26H,2,7,10-15H2,(H,27,28)/b6-1-. The van der Waals surface area contributed by atoms with Crippen molar-refractivity contribution in [2.75, 3.05) is 6.61 Å². The highest BCUT2D eigenvalue weighted by Gasteiger charge is 2.42. The van der Waals surface area contributed by atoms with E-state index in [9.17, 15) is 23.5 Å². The number of carbonyl (C=O) groups is 2. The van der Waals surface area contributed by atoms with Crippen molar-refractivity contribution in [3.8, 4) is 5.75 Å². The number of unbranched alkanes of at least 4 members (excludes halogenated alkanes) is 1. The van der Waals surface area contributed by atoms with Crippen LogP contribution < -0.4 is 4.74 Å². The number of alkyl halides is 2. The second kappa shape index (κ2) is 11.0. The first-order valence-corrected chi connectivity index (χ1v) is 9.92. The molecule has 1 aromatic carbocycles. The van der Waals surface area contributed by atoms with E-state index >= 15 is 0 Å². The number of carboxylic acids is 1. The number of carbonyl (C=O) groups excluding carboxylic acids is 1. The van der Waals surface area contributed by atoms with Crippen molar-refractivity contribution in [3.63, 3.8) is 0 Å². The molecule has 2 N–H and O–H groups in total. The van der Waals surface area contributed by atoms with Gasteiger partial charge in [-0.2, -0.15) is 0 Å². The number of para-hydroxylation sites is 1. The lowest BCUT2D eigenvalue weighted by Crippen LogP contribution is -2.29. The molecule has 0 bridgehead atoms. The molecule has 0 saturated heterocycles. The molecule has 5 nitrogen and oxygen atoms in total. The van der Waals surface area contributed by atoms with Crippen LogP contribution in [0.2, 0.25) is 0 Å². The summed E-state index contributed by atoms with van der Waals surface area (Å²) < 4.78 is 33.6. The van der Waals surface area contributed by atoms with Crippen molar-refractivity contribution in [1.82, 2.24) is 0 Å². The third-order valence-electron chi connectivity index (χ3n) is 5.19. The van der Waals surface area contributed by atoms with Crippen molar-refractivity contribution < 1.29 is 33.3 Å². The van der Waals surface area contributed by atoms with Gasteiger partial charge < -0.3 is 14.9 Å². The molecule has 160 valence electrons. The lowest BCUT2D eigenvalue weighted by Gasteiger charge is -2.23. The predicted molar refractivity (Wildman–Crippen MR) is 104 cm³/mol. The number of ketones is 1. The molecule has 0 aromatic heterocycles. The Morgan fingerprint density at radius 3 is 2.66 bits per heavy atom. The van der Waals surface area contributed by atoms with Crippen molar-refractivity contribution in [3.05, 3.63) is 42.5 Å². The Labute approximate surface area is 169 Å².